The molecule has 1 N–H and O–H groups in total. The maximum absolute atomic E-state index is 10.7. The summed E-state index contributed by atoms with van der Waals surface area (Å²) in [6.07, 6.45) is 4.11. The van der Waals surface area contributed by atoms with Crippen LogP contribution in [0.5, 0.6) is 5.88 Å². The van der Waals surface area contributed by atoms with Crippen molar-refractivity contribution >= 4 is 16.3 Å². The molecule has 0 aliphatic carbocycles. The van der Waals surface area contributed by atoms with Gasteiger partial charge in [0.15, 0.2) is 0 Å². The number of furan rings is 1. The number of hydrogen-bond donors (Lipinski definition) is 1. The minimum atomic E-state index is -0.156. The molecular weight excluding hydrogens is 336 g/mol. The quantitative estimate of drug-likeness (QED) is 0.613. The summed E-state index contributed by atoms with van der Waals surface area (Å²) < 4.78 is 7.20. The predicted molar refractivity (Wildman–Crippen MR) is 93.6 cm³/mol. The van der Waals surface area contributed by atoms with E-state index in [1.807, 2.05) is 12.1 Å². The largest absolute Gasteiger partial charge is 0.492 e. The van der Waals surface area contributed by atoms with Gasteiger partial charge in [-0.15, -0.1) is 0 Å². The molecule has 6 nitrogen and oxygen atoms in total. The van der Waals surface area contributed by atoms with Gasteiger partial charge in [0.05, 0.1) is 11.1 Å². The first kappa shape index (κ1) is 14.7. The molecule has 4 heterocycles. The third kappa shape index (κ3) is 2.35. The van der Waals surface area contributed by atoms with Crippen molar-refractivity contribution in [1.29, 1.82) is 0 Å². The smallest absolute Gasteiger partial charge is 0.230 e. The average Bonchev–Trinajstić information content (AvgIpc) is 3.37. The van der Waals surface area contributed by atoms with Gasteiger partial charge in [-0.2, -0.15) is 9.61 Å². The molecule has 5 rings (SSSR count). The normalized spacial score (nSPS) is 16.2. The van der Waals surface area contributed by atoms with Crippen LogP contribution in [0.15, 0.2) is 53.4 Å². The molecule has 1 aliphatic rings. The Kier molecular flexibility index (Phi) is 3.36. The van der Waals surface area contributed by atoms with Gasteiger partial charge < -0.3 is 9.52 Å². The molecule has 4 aromatic rings. The molecule has 7 heteroatoms. The minimum absolute atomic E-state index is 0.137. The summed E-state index contributed by atoms with van der Waals surface area (Å²) in [7, 11) is 0. The highest BCUT2D eigenvalue weighted by atomic mass is 32.1. The predicted octanol–water partition coefficient (Wildman–Crippen LogP) is 3.24. The van der Waals surface area contributed by atoms with E-state index >= 15 is 0 Å². The van der Waals surface area contributed by atoms with Crippen molar-refractivity contribution in [3.63, 3.8) is 0 Å². The van der Waals surface area contributed by atoms with E-state index in [0.29, 0.717) is 4.96 Å². The molecule has 1 atom stereocenters. The van der Waals surface area contributed by atoms with E-state index in [2.05, 4.69) is 39.2 Å². The summed E-state index contributed by atoms with van der Waals surface area (Å²) in [5.74, 6) is 0.956. The van der Waals surface area contributed by atoms with Gasteiger partial charge in [0.2, 0.25) is 10.8 Å². The zero-order valence-corrected chi connectivity index (χ0v) is 14.2. The molecule has 1 unspecified atom stereocenters. The molecule has 1 aromatic carbocycles. The van der Waals surface area contributed by atoms with E-state index in [4.69, 9.17) is 4.42 Å². The Morgan fingerprint density at radius 1 is 1.16 bits per heavy atom. The number of nitrogens with zero attached hydrogens (tertiary/aromatic N) is 4. The third-order valence-corrected chi connectivity index (χ3v) is 5.81. The van der Waals surface area contributed by atoms with Crippen molar-refractivity contribution in [2.24, 2.45) is 0 Å². The van der Waals surface area contributed by atoms with Crippen LogP contribution >= 0.6 is 11.3 Å². The number of thiazole rings is 1. The van der Waals surface area contributed by atoms with Gasteiger partial charge in [0, 0.05) is 13.1 Å². The van der Waals surface area contributed by atoms with Gasteiger partial charge in [-0.1, -0.05) is 35.6 Å². The molecule has 1 aliphatic heterocycles. The second kappa shape index (κ2) is 5.72. The van der Waals surface area contributed by atoms with Crippen LogP contribution in [-0.2, 0) is 13.0 Å². The maximum Gasteiger partial charge on any atom is 0.230 e. The highest BCUT2D eigenvalue weighted by Crippen LogP contribution is 2.41. The fourth-order valence-corrected chi connectivity index (χ4v) is 4.60. The molecule has 0 bridgehead atoms. The second-order valence-corrected chi connectivity index (χ2v) is 7.16. The zero-order valence-electron chi connectivity index (χ0n) is 13.4. The molecule has 0 spiro atoms. The summed E-state index contributed by atoms with van der Waals surface area (Å²) in [4.78, 5) is 8.04. The van der Waals surface area contributed by atoms with Crippen LogP contribution in [-0.4, -0.2) is 31.1 Å². The first-order chi connectivity index (χ1) is 12.3. The Bertz CT molecular complexity index is 1020. The van der Waals surface area contributed by atoms with Crippen molar-refractivity contribution in [1.82, 2.24) is 19.5 Å². The van der Waals surface area contributed by atoms with Gasteiger partial charge in [0.1, 0.15) is 18.1 Å². The summed E-state index contributed by atoms with van der Waals surface area (Å²) in [5.41, 5.74) is 2.72. The van der Waals surface area contributed by atoms with Gasteiger partial charge in [-0.25, -0.2) is 4.98 Å². The van der Waals surface area contributed by atoms with E-state index in [1.54, 1.807) is 6.26 Å². The number of rotatable bonds is 3. The standard InChI is InChI=1S/C18H16N4O2S/c23-17-16(25-18-19-11-20-22(17)18)15(14-6-3-9-24-14)21-8-7-12-4-1-2-5-13(12)10-21/h1-6,9,11,15,23H,7-8,10H2. The molecule has 3 aromatic heterocycles. The summed E-state index contributed by atoms with van der Waals surface area (Å²) in [6, 6.07) is 12.2. The van der Waals surface area contributed by atoms with Gasteiger partial charge in [-0.05, 0) is 29.7 Å². The number of hydrogen-bond acceptors (Lipinski definition) is 6. The lowest BCUT2D eigenvalue weighted by Crippen LogP contribution is -2.34. The molecule has 126 valence electrons. The van der Waals surface area contributed by atoms with Crippen molar-refractivity contribution in [2.45, 2.75) is 19.0 Å². The minimum Gasteiger partial charge on any atom is -0.492 e. The van der Waals surface area contributed by atoms with Crippen molar-refractivity contribution in [2.75, 3.05) is 6.54 Å². The SMILES string of the molecule is Oc1c(C(c2ccco2)N2CCc3ccccc3C2)sc2ncnn12. The van der Waals surface area contributed by atoms with Crippen molar-refractivity contribution in [3.05, 3.63) is 70.8 Å². The molecular formula is C18H16N4O2S. The third-order valence-electron chi connectivity index (χ3n) is 4.73. The van der Waals surface area contributed by atoms with Crippen LogP contribution in [0, 0.1) is 0 Å². The fraction of sp³-hybridized carbons (Fsp3) is 0.222. The molecule has 0 saturated heterocycles. The topological polar surface area (TPSA) is 66.8 Å². The van der Waals surface area contributed by atoms with Crippen LogP contribution < -0.4 is 0 Å². The van der Waals surface area contributed by atoms with E-state index in [-0.39, 0.29) is 11.9 Å². The van der Waals surface area contributed by atoms with Crippen LogP contribution in [0.3, 0.4) is 0 Å². The molecule has 0 amide bonds. The molecule has 0 radical (unpaired) electrons. The lowest BCUT2D eigenvalue weighted by molar-refractivity contribution is 0.185. The summed E-state index contributed by atoms with van der Waals surface area (Å²) >= 11 is 1.45. The van der Waals surface area contributed by atoms with E-state index in [0.717, 1.165) is 30.1 Å². The van der Waals surface area contributed by atoms with Crippen LogP contribution in [0.4, 0.5) is 0 Å². The second-order valence-electron chi connectivity index (χ2n) is 6.15. The number of fused-ring (bicyclic) bond motifs is 2. The Hall–Kier alpha value is -2.64. The summed E-state index contributed by atoms with van der Waals surface area (Å²) in [5, 5.41) is 14.8. The highest BCUT2D eigenvalue weighted by Gasteiger charge is 2.32. The van der Waals surface area contributed by atoms with Crippen LogP contribution in [0.2, 0.25) is 0 Å². The van der Waals surface area contributed by atoms with Crippen molar-refractivity contribution < 1.29 is 9.52 Å². The van der Waals surface area contributed by atoms with Gasteiger partial charge in [-0.3, -0.25) is 4.90 Å². The number of benzene rings is 1. The number of aromatic hydroxyl groups is 1. The van der Waals surface area contributed by atoms with Crippen LogP contribution in [0.1, 0.15) is 27.8 Å². The summed E-state index contributed by atoms with van der Waals surface area (Å²) in [6.45, 7) is 1.71. The lowest BCUT2D eigenvalue weighted by atomic mass is 9.97. The highest BCUT2D eigenvalue weighted by molar-refractivity contribution is 7.17. The Labute approximate surface area is 148 Å². The van der Waals surface area contributed by atoms with Crippen LogP contribution in [0.25, 0.3) is 4.96 Å². The maximum atomic E-state index is 10.7. The van der Waals surface area contributed by atoms with E-state index in [1.165, 1.54) is 33.3 Å². The molecule has 25 heavy (non-hydrogen) atoms. The first-order valence-corrected chi connectivity index (χ1v) is 8.98. The fourth-order valence-electron chi connectivity index (χ4n) is 3.53. The lowest BCUT2D eigenvalue weighted by Gasteiger charge is -2.34. The first-order valence-electron chi connectivity index (χ1n) is 8.17. The van der Waals surface area contributed by atoms with Gasteiger partial charge in [0.25, 0.3) is 0 Å². The van der Waals surface area contributed by atoms with Gasteiger partial charge >= 0.3 is 0 Å². The zero-order chi connectivity index (χ0) is 16.8. The van der Waals surface area contributed by atoms with Crippen molar-refractivity contribution in [3.8, 4) is 5.88 Å². The Balaban J connectivity index is 1.60. The average molecular weight is 352 g/mol. The number of aromatic nitrogens is 3. The monoisotopic (exact) mass is 352 g/mol. The van der Waals surface area contributed by atoms with E-state index in [9.17, 15) is 5.11 Å². The van der Waals surface area contributed by atoms with E-state index < -0.39 is 0 Å². The molecule has 0 fully saturated rings. The molecule has 0 saturated carbocycles. The Morgan fingerprint density at radius 2 is 2.04 bits per heavy atom. The Morgan fingerprint density at radius 3 is 2.84 bits per heavy atom.